The summed E-state index contributed by atoms with van der Waals surface area (Å²) in [6.45, 7) is 8.48. The molecule has 0 aliphatic rings. The molecule has 0 aliphatic carbocycles. The van der Waals surface area contributed by atoms with E-state index in [1.165, 1.54) is 0 Å². The fourth-order valence-corrected chi connectivity index (χ4v) is 2.92. The normalized spacial score (nSPS) is 11.0. The molecule has 0 spiro atoms. The van der Waals surface area contributed by atoms with Crippen LogP contribution in [0, 0.1) is 0 Å². The Bertz CT molecular complexity index is 817. The van der Waals surface area contributed by atoms with Gasteiger partial charge in [-0.25, -0.2) is 0 Å². The largest absolute Gasteiger partial charge is 0.497 e. The van der Waals surface area contributed by atoms with Crippen LogP contribution in [0.5, 0.6) is 17.2 Å². The highest BCUT2D eigenvalue weighted by atomic mass is 35.5. The van der Waals surface area contributed by atoms with Crippen LogP contribution < -0.4 is 24.8 Å². The summed E-state index contributed by atoms with van der Waals surface area (Å²) in [5.74, 6) is 1.45. The number of halogens is 1. The number of carbonyl (C=O) groups is 1. The molecule has 0 aliphatic heterocycles. The van der Waals surface area contributed by atoms with Gasteiger partial charge in [-0.2, -0.15) is 0 Å². The Balaban J connectivity index is 2.08. The number of anilines is 1. The SMILES string of the molecule is CCOc1cc(CNc2ccc(OC)cc2)cc(Cl)c1OCC(=O)NC(C)(C)C. The van der Waals surface area contributed by atoms with Gasteiger partial charge in [0.2, 0.25) is 0 Å². The third kappa shape index (κ3) is 7.38. The van der Waals surface area contributed by atoms with Gasteiger partial charge in [-0.15, -0.1) is 0 Å². The van der Waals surface area contributed by atoms with Crippen molar-refractivity contribution in [3.8, 4) is 17.2 Å². The van der Waals surface area contributed by atoms with Crippen LogP contribution in [0.3, 0.4) is 0 Å². The molecule has 0 fully saturated rings. The van der Waals surface area contributed by atoms with Crippen LogP contribution in [0.4, 0.5) is 5.69 Å². The molecular formula is C22H29ClN2O4. The van der Waals surface area contributed by atoms with E-state index in [4.69, 9.17) is 25.8 Å². The van der Waals surface area contributed by atoms with E-state index in [1.54, 1.807) is 13.2 Å². The van der Waals surface area contributed by atoms with Gasteiger partial charge in [0, 0.05) is 17.8 Å². The van der Waals surface area contributed by atoms with Gasteiger partial charge in [-0.1, -0.05) is 11.6 Å². The summed E-state index contributed by atoms with van der Waals surface area (Å²) in [6.07, 6.45) is 0. The molecule has 0 bridgehead atoms. The lowest BCUT2D eigenvalue weighted by Gasteiger charge is -2.21. The minimum Gasteiger partial charge on any atom is -0.497 e. The zero-order valence-corrected chi connectivity index (χ0v) is 18.4. The molecule has 0 heterocycles. The van der Waals surface area contributed by atoms with Crippen molar-refractivity contribution in [1.82, 2.24) is 5.32 Å². The molecule has 6 nitrogen and oxygen atoms in total. The molecule has 0 atom stereocenters. The molecule has 0 aromatic heterocycles. The van der Waals surface area contributed by atoms with Gasteiger partial charge in [-0.05, 0) is 69.7 Å². The molecular weight excluding hydrogens is 392 g/mol. The number of methoxy groups -OCH3 is 1. The number of benzene rings is 2. The van der Waals surface area contributed by atoms with Crippen molar-refractivity contribution in [2.45, 2.75) is 39.8 Å². The number of hydrogen-bond acceptors (Lipinski definition) is 5. The molecule has 158 valence electrons. The number of hydrogen-bond donors (Lipinski definition) is 2. The Morgan fingerprint density at radius 1 is 1.10 bits per heavy atom. The lowest BCUT2D eigenvalue weighted by atomic mass is 10.1. The first-order chi connectivity index (χ1) is 13.7. The fraction of sp³-hybridized carbons (Fsp3) is 0.409. The third-order valence-electron chi connectivity index (χ3n) is 3.82. The molecule has 0 radical (unpaired) electrons. The summed E-state index contributed by atoms with van der Waals surface area (Å²) in [4.78, 5) is 12.0. The van der Waals surface area contributed by atoms with E-state index in [9.17, 15) is 4.79 Å². The van der Waals surface area contributed by atoms with Gasteiger partial charge >= 0.3 is 0 Å². The number of rotatable bonds is 9. The first kappa shape index (κ1) is 22.7. The van der Waals surface area contributed by atoms with Gasteiger partial charge in [0.25, 0.3) is 5.91 Å². The highest BCUT2D eigenvalue weighted by Gasteiger charge is 2.17. The predicted molar refractivity (Wildman–Crippen MR) is 116 cm³/mol. The Morgan fingerprint density at radius 2 is 1.79 bits per heavy atom. The van der Waals surface area contributed by atoms with Gasteiger partial charge < -0.3 is 24.8 Å². The first-order valence-corrected chi connectivity index (χ1v) is 9.86. The summed E-state index contributed by atoms with van der Waals surface area (Å²) in [5.41, 5.74) is 1.56. The van der Waals surface area contributed by atoms with Crippen molar-refractivity contribution in [3.05, 3.63) is 47.0 Å². The Kier molecular flexibility index (Phi) is 8.02. The van der Waals surface area contributed by atoms with Crippen LogP contribution in [0.25, 0.3) is 0 Å². The van der Waals surface area contributed by atoms with Gasteiger partial charge in [-0.3, -0.25) is 4.79 Å². The summed E-state index contributed by atoms with van der Waals surface area (Å²) in [7, 11) is 1.63. The number of amides is 1. The van der Waals surface area contributed by atoms with Crippen LogP contribution in [-0.2, 0) is 11.3 Å². The topological polar surface area (TPSA) is 68.8 Å². The number of ether oxygens (including phenoxy) is 3. The van der Waals surface area contributed by atoms with Crippen LogP contribution in [0.15, 0.2) is 36.4 Å². The van der Waals surface area contributed by atoms with E-state index < -0.39 is 0 Å². The second-order valence-corrected chi connectivity index (χ2v) is 7.91. The first-order valence-electron chi connectivity index (χ1n) is 9.48. The number of nitrogens with one attached hydrogen (secondary N) is 2. The monoisotopic (exact) mass is 420 g/mol. The van der Waals surface area contributed by atoms with Crippen molar-refractivity contribution >= 4 is 23.2 Å². The summed E-state index contributed by atoms with van der Waals surface area (Å²) >= 11 is 6.43. The molecule has 2 aromatic carbocycles. The third-order valence-corrected chi connectivity index (χ3v) is 4.10. The smallest absolute Gasteiger partial charge is 0.258 e. The minimum atomic E-state index is -0.329. The molecule has 2 aromatic rings. The molecule has 29 heavy (non-hydrogen) atoms. The average molecular weight is 421 g/mol. The minimum absolute atomic E-state index is 0.138. The second kappa shape index (κ2) is 10.3. The lowest BCUT2D eigenvalue weighted by Crippen LogP contribution is -2.43. The average Bonchev–Trinajstić information content (AvgIpc) is 2.65. The van der Waals surface area contributed by atoms with Gasteiger partial charge in [0.1, 0.15) is 5.75 Å². The Hall–Kier alpha value is -2.60. The maximum Gasteiger partial charge on any atom is 0.258 e. The molecule has 1 amide bonds. The molecule has 0 unspecified atom stereocenters. The van der Waals surface area contributed by atoms with Crippen molar-refractivity contribution in [2.75, 3.05) is 25.6 Å². The Labute approximate surface area is 177 Å². The van der Waals surface area contributed by atoms with Crippen molar-refractivity contribution in [3.63, 3.8) is 0 Å². The fourth-order valence-electron chi connectivity index (χ4n) is 2.63. The summed E-state index contributed by atoms with van der Waals surface area (Å²) in [5, 5.41) is 6.58. The molecule has 2 N–H and O–H groups in total. The van der Waals surface area contributed by atoms with E-state index >= 15 is 0 Å². The van der Waals surface area contributed by atoms with E-state index in [0.29, 0.717) is 29.7 Å². The van der Waals surface area contributed by atoms with E-state index in [0.717, 1.165) is 17.0 Å². The quantitative estimate of drug-likeness (QED) is 0.617. The molecule has 0 saturated heterocycles. The van der Waals surface area contributed by atoms with E-state index in [2.05, 4.69) is 10.6 Å². The van der Waals surface area contributed by atoms with Gasteiger partial charge in [0.15, 0.2) is 18.1 Å². The van der Waals surface area contributed by atoms with Crippen LogP contribution >= 0.6 is 11.6 Å². The zero-order valence-electron chi connectivity index (χ0n) is 17.6. The molecule has 7 heteroatoms. The zero-order chi connectivity index (χ0) is 21.4. The van der Waals surface area contributed by atoms with Crippen LogP contribution in [0.2, 0.25) is 5.02 Å². The summed E-state index contributed by atoms with van der Waals surface area (Å²) in [6, 6.07) is 11.3. The lowest BCUT2D eigenvalue weighted by molar-refractivity contribution is -0.124. The highest BCUT2D eigenvalue weighted by molar-refractivity contribution is 6.32. The van der Waals surface area contributed by atoms with E-state index in [-0.39, 0.29) is 18.1 Å². The second-order valence-electron chi connectivity index (χ2n) is 7.51. The predicted octanol–water partition coefficient (Wildman–Crippen LogP) is 4.65. The van der Waals surface area contributed by atoms with Crippen LogP contribution in [-0.4, -0.2) is 31.8 Å². The van der Waals surface area contributed by atoms with E-state index in [1.807, 2.05) is 58.0 Å². The Morgan fingerprint density at radius 3 is 2.38 bits per heavy atom. The summed E-state index contributed by atoms with van der Waals surface area (Å²) < 4.78 is 16.5. The molecule has 2 rings (SSSR count). The standard InChI is InChI=1S/C22H29ClN2O4/c1-6-28-19-12-15(13-24-16-7-9-17(27-5)10-8-16)11-18(23)21(19)29-14-20(26)25-22(2,3)4/h7-12,24H,6,13-14H2,1-5H3,(H,25,26). The number of carbonyl (C=O) groups excluding carboxylic acids is 1. The molecule has 0 saturated carbocycles. The maximum atomic E-state index is 12.0. The maximum absolute atomic E-state index is 12.0. The highest BCUT2D eigenvalue weighted by Crippen LogP contribution is 2.37. The van der Waals surface area contributed by atoms with Crippen molar-refractivity contribution in [2.24, 2.45) is 0 Å². The van der Waals surface area contributed by atoms with Crippen LogP contribution in [0.1, 0.15) is 33.3 Å². The van der Waals surface area contributed by atoms with Crippen molar-refractivity contribution < 1.29 is 19.0 Å². The van der Waals surface area contributed by atoms with Crippen molar-refractivity contribution in [1.29, 1.82) is 0 Å². The van der Waals surface area contributed by atoms with Gasteiger partial charge in [0.05, 0.1) is 18.7 Å².